The Morgan fingerprint density at radius 1 is 1.32 bits per heavy atom. The van der Waals surface area contributed by atoms with Crippen LogP contribution in [0.4, 0.5) is 5.69 Å². The van der Waals surface area contributed by atoms with E-state index in [1.54, 1.807) is 11.0 Å². The summed E-state index contributed by atoms with van der Waals surface area (Å²) in [7, 11) is 0. The van der Waals surface area contributed by atoms with E-state index in [4.69, 9.17) is 0 Å². The molecule has 0 aliphatic rings. The molecule has 2 aromatic heterocycles. The van der Waals surface area contributed by atoms with Crippen LogP contribution in [0.15, 0.2) is 43.0 Å². The van der Waals surface area contributed by atoms with Gasteiger partial charge in [0.1, 0.15) is 6.33 Å². The summed E-state index contributed by atoms with van der Waals surface area (Å²) >= 11 is 0. The quantitative estimate of drug-likeness (QED) is 0.746. The molecule has 0 saturated heterocycles. The lowest BCUT2D eigenvalue weighted by atomic mass is 10.1. The number of tetrazole rings is 1. The molecule has 6 nitrogen and oxygen atoms in total. The molecule has 0 fully saturated rings. The van der Waals surface area contributed by atoms with Crippen molar-refractivity contribution < 1.29 is 0 Å². The van der Waals surface area contributed by atoms with Crippen LogP contribution in [0.1, 0.15) is 11.1 Å². The van der Waals surface area contributed by atoms with Gasteiger partial charge in [-0.05, 0) is 52.7 Å². The van der Waals surface area contributed by atoms with Crippen molar-refractivity contribution >= 4 is 5.69 Å². The third-order valence-corrected chi connectivity index (χ3v) is 2.95. The second-order valence-electron chi connectivity index (χ2n) is 4.33. The predicted octanol–water partition coefficient (Wildman–Crippen LogP) is 1.91. The van der Waals surface area contributed by atoms with Crippen molar-refractivity contribution in [3.05, 3.63) is 54.1 Å². The van der Waals surface area contributed by atoms with Crippen LogP contribution < -0.4 is 5.32 Å². The Hall–Kier alpha value is -2.63. The third-order valence-electron chi connectivity index (χ3n) is 2.95. The maximum Gasteiger partial charge on any atom is 0.143 e. The van der Waals surface area contributed by atoms with Crippen LogP contribution in [0.5, 0.6) is 0 Å². The minimum atomic E-state index is 0.799. The van der Waals surface area contributed by atoms with Gasteiger partial charge in [0.25, 0.3) is 0 Å². The number of H-pyrrole nitrogens is 1. The highest BCUT2D eigenvalue weighted by Crippen LogP contribution is 2.18. The van der Waals surface area contributed by atoms with E-state index in [9.17, 15) is 0 Å². The van der Waals surface area contributed by atoms with Crippen molar-refractivity contribution in [3.63, 3.8) is 0 Å². The van der Waals surface area contributed by atoms with Crippen LogP contribution >= 0.6 is 0 Å². The molecule has 0 radical (unpaired) electrons. The SMILES string of the molecule is Cc1cc(NCc2cc[nH]c2)ccc1-n1cnnn1. The zero-order chi connectivity index (χ0) is 13.1. The highest BCUT2D eigenvalue weighted by atomic mass is 15.5. The first-order valence-electron chi connectivity index (χ1n) is 6.02. The summed E-state index contributed by atoms with van der Waals surface area (Å²) in [6.45, 7) is 2.84. The molecule has 2 heterocycles. The Morgan fingerprint density at radius 3 is 2.95 bits per heavy atom. The molecule has 0 bridgehead atoms. The maximum atomic E-state index is 3.89. The number of aromatic amines is 1. The standard InChI is InChI=1S/C13H14N6/c1-10-6-12(15-8-11-4-5-14-7-11)2-3-13(10)19-9-16-17-18-19/h2-7,9,14-15H,8H2,1H3. The summed E-state index contributed by atoms with van der Waals surface area (Å²) in [5.74, 6) is 0. The molecular formula is C13H14N6. The number of aryl methyl sites for hydroxylation is 1. The number of benzene rings is 1. The van der Waals surface area contributed by atoms with Gasteiger partial charge in [0, 0.05) is 24.6 Å². The first kappa shape index (κ1) is 11.5. The van der Waals surface area contributed by atoms with E-state index in [1.165, 1.54) is 5.56 Å². The van der Waals surface area contributed by atoms with Crippen LogP contribution in [0.3, 0.4) is 0 Å². The molecule has 19 heavy (non-hydrogen) atoms. The fourth-order valence-corrected chi connectivity index (χ4v) is 1.97. The summed E-state index contributed by atoms with van der Waals surface area (Å²) < 4.78 is 1.66. The summed E-state index contributed by atoms with van der Waals surface area (Å²) in [4.78, 5) is 3.04. The summed E-state index contributed by atoms with van der Waals surface area (Å²) in [6.07, 6.45) is 5.49. The lowest BCUT2D eigenvalue weighted by Gasteiger charge is -2.09. The van der Waals surface area contributed by atoms with Crippen molar-refractivity contribution in [3.8, 4) is 5.69 Å². The van der Waals surface area contributed by atoms with Gasteiger partial charge in [-0.1, -0.05) is 0 Å². The third kappa shape index (κ3) is 2.47. The summed E-state index contributed by atoms with van der Waals surface area (Å²) in [5.41, 5.74) is 4.40. The van der Waals surface area contributed by atoms with Crippen molar-refractivity contribution in [1.82, 2.24) is 25.2 Å². The molecule has 2 N–H and O–H groups in total. The number of hydrogen-bond donors (Lipinski definition) is 2. The van der Waals surface area contributed by atoms with Crippen LogP contribution in [-0.2, 0) is 6.54 Å². The number of anilines is 1. The number of nitrogens with one attached hydrogen (secondary N) is 2. The van der Waals surface area contributed by atoms with Gasteiger partial charge < -0.3 is 10.3 Å². The van der Waals surface area contributed by atoms with Gasteiger partial charge in [0.15, 0.2) is 0 Å². The first-order valence-corrected chi connectivity index (χ1v) is 6.02. The molecular weight excluding hydrogens is 240 g/mol. The van der Waals surface area contributed by atoms with Crippen molar-refractivity contribution in [2.75, 3.05) is 5.32 Å². The highest BCUT2D eigenvalue weighted by Gasteiger charge is 2.03. The Labute approximate surface area is 110 Å². The van der Waals surface area contributed by atoms with Gasteiger partial charge in [-0.3, -0.25) is 0 Å². The van der Waals surface area contributed by atoms with Crippen LogP contribution in [-0.4, -0.2) is 25.2 Å². The first-order chi connectivity index (χ1) is 9.33. The van der Waals surface area contributed by atoms with Crippen molar-refractivity contribution in [2.45, 2.75) is 13.5 Å². The Kier molecular flexibility index (Phi) is 2.97. The zero-order valence-corrected chi connectivity index (χ0v) is 10.5. The molecule has 6 heteroatoms. The molecule has 0 spiro atoms. The number of aromatic nitrogens is 5. The van der Waals surface area contributed by atoms with Gasteiger partial charge in [0.05, 0.1) is 5.69 Å². The number of hydrogen-bond acceptors (Lipinski definition) is 4. The van der Waals surface area contributed by atoms with E-state index < -0.39 is 0 Å². The largest absolute Gasteiger partial charge is 0.381 e. The maximum absolute atomic E-state index is 3.89. The predicted molar refractivity (Wildman–Crippen MR) is 72.0 cm³/mol. The molecule has 0 amide bonds. The minimum Gasteiger partial charge on any atom is -0.381 e. The number of rotatable bonds is 4. The average molecular weight is 254 g/mol. The molecule has 0 aliphatic heterocycles. The van der Waals surface area contributed by atoms with Crippen LogP contribution in [0.25, 0.3) is 5.69 Å². The molecule has 1 aromatic carbocycles. The lowest BCUT2D eigenvalue weighted by molar-refractivity contribution is 0.785. The lowest BCUT2D eigenvalue weighted by Crippen LogP contribution is -2.01. The normalized spacial score (nSPS) is 10.6. The summed E-state index contributed by atoms with van der Waals surface area (Å²) in [5, 5.41) is 14.6. The van der Waals surface area contributed by atoms with Gasteiger partial charge in [0.2, 0.25) is 0 Å². The molecule has 0 aliphatic carbocycles. The second-order valence-corrected chi connectivity index (χ2v) is 4.33. The smallest absolute Gasteiger partial charge is 0.143 e. The van der Waals surface area contributed by atoms with Crippen molar-refractivity contribution in [1.29, 1.82) is 0 Å². The van der Waals surface area contributed by atoms with Gasteiger partial charge >= 0.3 is 0 Å². The second kappa shape index (κ2) is 4.93. The fourth-order valence-electron chi connectivity index (χ4n) is 1.97. The van der Waals surface area contributed by atoms with E-state index in [0.29, 0.717) is 0 Å². The molecule has 3 aromatic rings. The van der Waals surface area contributed by atoms with Crippen molar-refractivity contribution in [2.24, 2.45) is 0 Å². The monoisotopic (exact) mass is 254 g/mol. The van der Waals surface area contributed by atoms with E-state index in [1.807, 2.05) is 31.5 Å². The molecule has 0 unspecified atom stereocenters. The van der Waals surface area contributed by atoms with E-state index in [0.717, 1.165) is 23.5 Å². The zero-order valence-electron chi connectivity index (χ0n) is 10.5. The highest BCUT2D eigenvalue weighted by molar-refractivity contribution is 5.53. The topological polar surface area (TPSA) is 71.4 Å². The Morgan fingerprint density at radius 2 is 2.26 bits per heavy atom. The van der Waals surface area contributed by atoms with Gasteiger partial charge in [-0.25, -0.2) is 4.68 Å². The molecule has 0 atom stereocenters. The molecule has 0 saturated carbocycles. The van der Waals surface area contributed by atoms with Gasteiger partial charge in [-0.15, -0.1) is 5.10 Å². The Bertz CT molecular complexity index is 642. The molecule has 3 rings (SSSR count). The number of nitrogens with zero attached hydrogens (tertiary/aromatic N) is 4. The van der Waals surface area contributed by atoms with Crippen LogP contribution in [0.2, 0.25) is 0 Å². The Balaban J connectivity index is 1.76. The fraction of sp³-hybridized carbons (Fsp3) is 0.154. The van der Waals surface area contributed by atoms with E-state index >= 15 is 0 Å². The minimum absolute atomic E-state index is 0.799. The van der Waals surface area contributed by atoms with Gasteiger partial charge in [-0.2, -0.15) is 0 Å². The van der Waals surface area contributed by atoms with E-state index in [-0.39, 0.29) is 0 Å². The van der Waals surface area contributed by atoms with Crippen LogP contribution in [0, 0.1) is 6.92 Å². The summed E-state index contributed by atoms with van der Waals surface area (Å²) in [6, 6.07) is 8.17. The average Bonchev–Trinajstić information content (AvgIpc) is 3.10. The van der Waals surface area contributed by atoms with E-state index in [2.05, 4.69) is 38.0 Å². The molecule has 96 valence electrons.